The molecule has 2 N–H and O–H groups in total. The number of anilines is 2. The van der Waals surface area contributed by atoms with E-state index < -0.39 is 21.6 Å². The van der Waals surface area contributed by atoms with E-state index in [2.05, 4.69) is 10.0 Å². The van der Waals surface area contributed by atoms with E-state index in [1.165, 1.54) is 42.5 Å². The van der Waals surface area contributed by atoms with Gasteiger partial charge >= 0.3 is 5.63 Å². The number of para-hydroxylation sites is 1. The van der Waals surface area contributed by atoms with Crippen molar-refractivity contribution in [3.8, 4) is 0 Å². The largest absolute Gasteiger partial charge is 0.423 e. The lowest BCUT2D eigenvalue weighted by Gasteiger charge is -2.13. The zero-order valence-electron chi connectivity index (χ0n) is 15.8. The highest BCUT2D eigenvalue weighted by Gasteiger charge is 2.19. The number of halogens is 1. The summed E-state index contributed by atoms with van der Waals surface area (Å²) in [5, 5.41) is 3.69. The van der Waals surface area contributed by atoms with Crippen LogP contribution >= 0.6 is 11.6 Å². The fourth-order valence-electron chi connectivity index (χ4n) is 2.92. The van der Waals surface area contributed by atoms with Crippen molar-refractivity contribution in [2.75, 3.05) is 10.0 Å². The van der Waals surface area contributed by atoms with Crippen molar-refractivity contribution in [3.63, 3.8) is 0 Å². The van der Waals surface area contributed by atoms with E-state index in [9.17, 15) is 18.0 Å². The molecule has 156 valence electrons. The van der Waals surface area contributed by atoms with Gasteiger partial charge in [0.25, 0.3) is 15.9 Å². The number of nitrogens with one attached hydrogen (secondary N) is 2. The van der Waals surface area contributed by atoms with Gasteiger partial charge in [-0.3, -0.25) is 9.52 Å². The lowest BCUT2D eigenvalue weighted by atomic mass is 10.1. The van der Waals surface area contributed by atoms with Gasteiger partial charge in [0.1, 0.15) is 5.58 Å². The van der Waals surface area contributed by atoms with Crippen molar-refractivity contribution in [1.29, 1.82) is 0 Å². The van der Waals surface area contributed by atoms with Gasteiger partial charge in [0.15, 0.2) is 0 Å². The van der Waals surface area contributed by atoms with E-state index >= 15 is 0 Å². The number of hydrogen-bond acceptors (Lipinski definition) is 5. The molecule has 0 aliphatic heterocycles. The highest BCUT2D eigenvalue weighted by molar-refractivity contribution is 7.92. The van der Waals surface area contributed by atoms with E-state index in [1.807, 2.05) is 0 Å². The molecule has 0 aliphatic rings. The third-order valence-electron chi connectivity index (χ3n) is 4.42. The molecule has 4 rings (SSSR count). The van der Waals surface area contributed by atoms with Crippen LogP contribution in [0.2, 0.25) is 5.02 Å². The predicted octanol–water partition coefficient (Wildman–Crippen LogP) is 4.50. The fourth-order valence-corrected chi connectivity index (χ4v) is 4.16. The number of carbonyl (C=O) groups excluding carboxylic acids is 1. The van der Waals surface area contributed by atoms with Crippen molar-refractivity contribution in [2.45, 2.75) is 4.90 Å². The van der Waals surface area contributed by atoms with Crippen molar-refractivity contribution < 1.29 is 17.6 Å². The zero-order valence-corrected chi connectivity index (χ0v) is 17.4. The van der Waals surface area contributed by atoms with E-state index in [0.29, 0.717) is 16.1 Å². The second-order valence-electron chi connectivity index (χ2n) is 6.57. The molecule has 0 aliphatic carbocycles. The normalized spacial score (nSPS) is 11.3. The molecule has 7 nitrogen and oxygen atoms in total. The van der Waals surface area contributed by atoms with E-state index in [1.54, 1.807) is 36.4 Å². The van der Waals surface area contributed by atoms with Crippen LogP contribution in [-0.4, -0.2) is 14.3 Å². The molecule has 0 unspecified atom stereocenters. The number of benzene rings is 3. The summed E-state index contributed by atoms with van der Waals surface area (Å²) >= 11 is 5.85. The number of carbonyl (C=O) groups is 1. The number of fused-ring (bicyclic) bond motifs is 1. The second kappa shape index (κ2) is 8.25. The van der Waals surface area contributed by atoms with Crippen LogP contribution in [0.1, 0.15) is 10.4 Å². The van der Waals surface area contributed by atoms with Gasteiger partial charge in [-0.05, 0) is 60.7 Å². The smallest absolute Gasteiger partial charge is 0.336 e. The molecule has 1 aromatic heterocycles. The number of rotatable bonds is 5. The Morgan fingerprint density at radius 1 is 0.903 bits per heavy atom. The first-order valence-electron chi connectivity index (χ1n) is 9.04. The van der Waals surface area contributed by atoms with E-state index in [0.717, 1.165) is 0 Å². The van der Waals surface area contributed by atoms with Gasteiger partial charge in [-0.1, -0.05) is 23.7 Å². The van der Waals surface area contributed by atoms with Gasteiger partial charge in [0.2, 0.25) is 0 Å². The monoisotopic (exact) mass is 454 g/mol. The molecule has 0 bridgehead atoms. The number of sulfonamides is 1. The number of hydrogen-bond donors (Lipinski definition) is 2. The van der Waals surface area contributed by atoms with Crippen LogP contribution in [0, 0.1) is 0 Å². The minimum absolute atomic E-state index is 0.0400. The first-order chi connectivity index (χ1) is 14.8. The molecule has 0 saturated heterocycles. The summed E-state index contributed by atoms with van der Waals surface area (Å²) < 4.78 is 33.3. The predicted molar refractivity (Wildman–Crippen MR) is 119 cm³/mol. The Kier molecular flexibility index (Phi) is 5.50. The third kappa shape index (κ3) is 4.60. The Hall–Kier alpha value is -3.62. The summed E-state index contributed by atoms with van der Waals surface area (Å²) in [7, 11) is -4.02. The molecule has 0 saturated carbocycles. The first-order valence-corrected chi connectivity index (χ1v) is 10.9. The SMILES string of the molecule is O=C(Nc1ccc(Cl)cc1)c1ccccc1NS(=O)(=O)c1ccc2oc(=O)ccc2c1. The Balaban J connectivity index is 1.63. The topological polar surface area (TPSA) is 105 Å². The van der Waals surface area contributed by atoms with Crippen LogP contribution in [0.5, 0.6) is 0 Å². The van der Waals surface area contributed by atoms with Crippen molar-refractivity contribution in [2.24, 2.45) is 0 Å². The minimum Gasteiger partial charge on any atom is -0.423 e. The Morgan fingerprint density at radius 3 is 2.42 bits per heavy atom. The molecule has 0 atom stereocenters. The van der Waals surface area contributed by atoms with E-state index in [-0.39, 0.29) is 21.7 Å². The van der Waals surface area contributed by atoms with Gasteiger partial charge in [-0.15, -0.1) is 0 Å². The highest BCUT2D eigenvalue weighted by atomic mass is 35.5. The Bertz CT molecular complexity index is 1450. The molecule has 31 heavy (non-hydrogen) atoms. The molecule has 1 amide bonds. The van der Waals surface area contributed by atoms with Gasteiger partial charge in [-0.2, -0.15) is 0 Å². The van der Waals surface area contributed by atoms with Crippen molar-refractivity contribution in [3.05, 3.63) is 99.9 Å². The molecule has 3 aromatic carbocycles. The molecule has 0 fully saturated rings. The maximum atomic E-state index is 12.9. The lowest BCUT2D eigenvalue weighted by molar-refractivity contribution is 0.102. The standard InChI is InChI=1S/C22H15ClN2O5S/c23-15-6-8-16(9-7-15)24-22(27)18-3-1-2-4-19(18)25-31(28,29)17-10-11-20-14(13-17)5-12-21(26)30-20/h1-13,25H,(H,24,27). The van der Waals surface area contributed by atoms with Crippen LogP contribution in [0.25, 0.3) is 11.0 Å². The van der Waals surface area contributed by atoms with Crippen molar-refractivity contribution in [1.82, 2.24) is 0 Å². The maximum absolute atomic E-state index is 12.9. The van der Waals surface area contributed by atoms with Gasteiger partial charge < -0.3 is 9.73 Å². The van der Waals surface area contributed by atoms with Gasteiger partial charge in [0, 0.05) is 22.2 Å². The summed E-state index contributed by atoms with van der Waals surface area (Å²) in [6.07, 6.45) is 0. The third-order valence-corrected chi connectivity index (χ3v) is 6.03. The second-order valence-corrected chi connectivity index (χ2v) is 8.69. The number of amides is 1. The average molecular weight is 455 g/mol. The van der Waals surface area contributed by atoms with Gasteiger partial charge in [-0.25, -0.2) is 13.2 Å². The average Bonchev–Trinajstić information content (AvgIpc) is 2.75. The summed E-state index contributed by atoms with van der Waals surface area (Å²) in [6, 6.07) is 19.6. The van der Waals surface area contributed by atoms with Crippen LogP contribution in [0.3, 0.4) is 0 Å². The van der Waals surface area contributed by atoms with Crippen LogP contribution in [0.15, 0.2) is 93.0 Å². The molecule has 0 radical (unpaired) electrons. The molecule has 4 aromatic rings. The molecular weight excluding hydrogens is 440 g/mol. The zero-order chi connectivity index (χ0) is 22.0. The summed E-state index contributed by atoms with van der Waals surface area (Å²) in [6.45, 7) is 0. The van der Waals surface area contributed by atoms with Crippen LogP contribution in [-0.2, 0) is 10.0 Å². The van der Waals surface area contributed by atoms with E-state index in [4.69, 9.17) is 16.0 Å². The van der Waals surface area contributed by atoms with Crippen LogP contribution in [0.4, 0.5) is 11.4 Å². The van der Waals surface area contributed by atoms with Crippen LogP contribution < -0.4 is 15.7 Å². The minimum atomic E-state index is -4.02. The summed E-state index contributed by atoms with van der Waals surface area (Å²) in [5.74, 6) is -0.485. The molecule has 1 heterocycles. The van der Waals surface area contributed by atoms with Crippen molar-refractivity contribution >= 4 is 49.9 Å². The summed E-state index contributed by atoms with van der Waals surface area (Å²) in [5.41, 5.74) is 0.528. The Morgan fingerprint density at radius 2 is 1.65 bits per heavy atom. The Labute approximate surface area is 182 Å². The molecule has 0 spiro atoms. The highest BCUT2D eigenvalue weighted by Crippen LogP contribution is 2.24. The summed E-state index contributed by atoms with van der Waals surface area (Å²) in [4.78, 5) is 24.0. The first kappa shape index (κ1) is 20.6. The lowest BCUT2D eigenvalue weighted by Crippen LogP contribution is -2.18. The van der Waals surface area contributed by atoms with Gasteiger partial charge in [0.05, 0.1) is 16.1 Å². The fraction of sp³-hybridized carbons (Fsp3) is 0. The molecule has 9 heteroatoms. The maximum Gasteiger partial charge on any atom is 0.336 e. The molecular formula is C22H15ClN2O5S. The quantitative estimate of drug-likeness (QED) is 0.432.